The number of nitrogens with two attached hydrogens (primary N) is 1. The lowest BCUT2D eigenvalue weighted by Gasteiger charge is -2.37. The second kappa shape index (κ2) is 7.28. The molecule has 2 unspecified atom stereocenters. The zero-order valence-electron chi connectivity index (χ0n) is 15.5. The van der Waals surface area contributed by atoms with Crippen molar-refractivity contribution in [2.45, 2.75) is 77.7 Å². The van der Waals surface area contributed by atoms with E-state index in [1.807, 2.05) is 0 Å². The van der Waals surface area contributed by atoms with E-state index in [0.717, 1.165) is 50.3 Å². The van der Waals surface area contributed by atoms with Crippen LogP contribution in [0, 0.1) is 13.8 Å². The van der Waals surface area contributed by atoms with Gasteiger partial charge in [0, 0.05) is 25.2 Å². The molecule has 1 saturated heterocycles. The summed E-state index contributed by atoms with van der Waals surface area (Å²) in [7, 11) is 0. The van der Waals surface area contributed by atoms with Gasteiger partial charge in [0.15, 0.2) is 0 Å². The van der Waals surface area contributed by atoms with Crippen LogP contribution < -0.4 is 16.0 Å². The normalized spacial score (nSPS) is 31.1. The van der Waals surface area contributed by atoms with Crippen LogP contribution in [0.15, 0.2) is 6.07 Å². The quantitative estimate of drug-likeness (QED) is 0.891. The van der Waals surface area contributed by atoms with Gasteiger partial charge in [-0.15, -0.1) is 0 Å². The predicted octanol–water partition coefficient (Wildman–Crippen LogP) is 2.99. The summed E-state index contributed by atoms with van der Waals surface area (Å²) in [5.74, 6) is 1.10. The van der Waals surface area contributed by atoms with Gasteiger partial charge in [-0.2, -0.15) is 0 Å². The highest BCUT2D eigenvalue weighted by molar-refractivity contribution is 5.59. The summed E-state index contributed by atoms with van der Waals surface area (Å²) in [5, 5.41) is 3.70. The van der Waals surface area contributed by atoms with E-state index < -0.39 is 0 Å². The molecule has 24 heavy (non-hydrogen) atoms. The summed E-state index contributed by atoms with van der Waals surface area (Å²) < 4.78 is 5.85. The second-order valence-corrected chi connectivity index (χ2v) is 7.68. The molecule has 1 aliphatic carbocycles. The Balaban J connectivity index is 1.73. The Hall–Kier alpha value is -1.33. The summed E-state index contributed by atoms with van der Waals surface area (Å²) in [5.41, 5.74) is 9.50. The minimum atomic E-state index is 0.250. The standard InChI is InChI=1S/C19H32N4O/c1-12-9-18(22-17-7-5-16(20)6-8-17)15(4)21-19(12)23-10-13(2)24-14(3)11-23/h9,13-14,16-17,22H,5-8,10-11,20H2,1-4H3. The van der Waals surface area contributed by atoms with Gasteiger partial charge >= 0.3 is 0 Å². The monoisotopic (exact) mass is 332 g/mol. The van der Waals surface area contributed by atoms with Gasteiger partial charge in [-0.05, 0) is 65.0 Å². The number of ether oxygens (including phenoxy) is 1. The lowest BCUT2D eigenvalue weighted by atomic mass is 9.91. The van der Waals surface area contributed by atoms with Crippen molar-refractivity contribution in [1.82, 2.24) is 4.98 Å². The van der Waals surface area contributed by atoms with Crippen LogP contribution in [0.25, 0.3) is 0 Å². The number of aryl methyl sites for hydroxylation is 2. The first-order chi connectivity index (χ1) is 11.4. The highest BCUT2D eigenvalue weighted by Crippen LogP contribution is 2.28. The minimum Gasteiger partial charge on any atom is -0.381 e. The van der Waals surface area contributed by atoms with E-state index in [2.05, 4.69) is 44.0 Å². The van der Waals surface area contributed by atoms with Crippen LogP contribution in [-0.2, 0) is 4.74 Å². The smallest absolute Gasteiger partial charge is 0.132 e. The molecule has 2 fully saturated rings. The molecular weight excluding hydrogens is 300 g/mol. The molecule has 3 rings (SSSR count). The maximum Gasteiger partial charge on any atom is 0.132 e. The molecule has 1 saturated carbocycles. The van der Waals surface area contributed by atoms with E-state index in [1.165, 1.54) is 11.3 Å². The van der Waals surface area contributed by atoms with Crippen LogP contribution in [0.1, 0.15) is 50.8 Å². The molecule has 0 aromatic carbocycles. The molecule has 1 aliphatic heterocycles. The van der Waals surface area contributed by atoms with Crippen LogP contribution in [0.4, 0.5) is 11.5 Å². The van der Waals surface area contributed by atoms with Gasteiger partial charge in [0.2, 0.25) is 0 Å². The minimum absolute atomic E-state index is 0.250. The highest BCUT2D eigenvalue weighted by Gasteiger charge is 2.25. The Morgan fingerprint density at radius 1 is 1.12 bits per heavy atom. The summed E-state index contributed by atoms with van der Waals surface area (Å²) >= 11 is 0. The molecule has 1 aromatic rings. The predicted molar refractivity (Wildman–Crippen MR) is 99.8 cm³/mol. The zero-order chi connectivity index (χ0) is 17.3. The van der Waals surface area contributed by atoms with Crippen molar-refractivity contribution in [2.75, 3.05) is 23.3 Å². The van der Waals surface area contributed by atoms with Crippen LogP contribution in [0.3, 0.4) is 0 Å². The van der Waals surface area contributed by atoms with E-state index in [-0.39, 0.29) is 12.2 Å². The molecule has 134 valence electrons. The molecule has 0 bridgehead atoms. The maximum atomic E-state index is 6.01. The number of anilines is 2. The number of nitrogens with zero attached hydrogens (tertiary/aromatic N) is 2. The van der Waals surface area contributed by atoms with Gasteiger partial charge in [-0.3, -0.25) is 0 Å². The molecule has 2 heterocycles. The number of morpholine rings is 1. The van der Waals surface area contributed by atoms with Gasteiger partial charge < -0.3 is 20.7 Å². The number of nitrogens with one attached hydrogen (secondary N) is 1. The first kappa shape index (κ1) is 17.5. The largest absolute Gasteiger partial charge is 0.381 e. The lowest BCUT2D eigenvalue weighted by Crippen LogP contribution is -2.46. The van der Waals surface area contributed by atoms with Gasteiger partial charge in [0.25, 0.3) is 0 Å². The summed E-state index contributed by atoms with van der Waals surface area (Å²) in [4.78, 5) is 7.29. The molecule has 0 spiro atoms. The summed E-state index contributed by atoms with van der Waals surface area (Å²) in [6, 6.07) is 3.17. The fraction of sp³-hybridized carbons (Fsp3) is 0.737. The second-order valence-electron chi connectivity index (χ2n) is 7.68. The van der Waals surface area contributed by atoms with E-state index in [0.29, 0.717) is 12.1 Å². The first-order valence-electron chi connectivity index (χ1n) is 9.33. The average molecular weight is 332 g/mol. The zero-order valence-corrected chi connectivity index (χ0v) is 15.5. The average Bonchev–Trinajstić information content (AvgIpc) is 2.51. The SMILES string of the molecule is Cc1cc(NC2CCC(N)CC2)c(C)nc1N1CC(C)OC(C)C1. The van der Waals surface area contributed by atoms with Crippen molar-refractivity contribution in [1.29, 1.82) is 0 Å². The van der Waals surface area contributed by atoms with Crippen molar-refractivity contribution in [2.24, 2.45) is 5.73 Å². The third-order valence-corrected chi connectivity index (χ3v) is 5.23. The van der Waals surface area contributed by atoms with E-state index in [9.17, 15) is 0 Å². The van der Waals surface area contributed by atoms with Crippen molar-refractivity contribution in [3.63, 3.8) is 0 Å². The maximum absolute atomic E-state index is 6.01. The third-order valence-electron chi connectivity index (χ3n) is 5.23. The van der Waals surface area contributed by atoms with Gasteiger partial charge in [0.1, 0.15) is 5.82 Å². The molecular formula is C19H32N4O. The fourth-order valence-corrected chi connectivity index (χ4v) is 3.99. The van der Waals surface area contributed by atoms with E-state index >= 15 is 0 Å². The highest BCUT2D eigenvalue weighted by atomic mass is 16.5. The topological polar surface area (TPSA) is 63.4 Å². The molecule has 5 heteroatoms. The van der Waals surface area contributed by atoms with Crippen molar-refractivity contribution in [3.05, 3.63) is 17.3 Å². The Labute approximate surface area is 146 Å². The van der Waals surface area contributed by atoms with Crippen LogP contribution in [0.2, 0.25) is 0 Å². The Kier molecular flexibility index (Phi) is 5.30. The number of aromatic nitrogens is 1. The van der Waals surface area contributed by atoms with Crippen LogP contribution in [-0.4, -0.2) is 42.4 Å². The summed E-state index contributed by atoms with van der Waals surface area (Å²) in [6.07, 6.45) is 5.04. The number of rotatable bonds is 3. The van der Waals surface area contributed by atoms with E-state index in [4.69, 9.17) is 15.5 Å². The molecule has 0 radical (unpaired) electrons. The van der Waals surface area contributed by atoms with Crippen molar-refractivity contribution in [3.8, 4) is 0 Å². The van der Waals surface area contributed by atoms with E-state index in [1.54, 1.807) is 0 Å². The van der Waals surface area contributed by atoms with Crippen LogP contribution in [0.5, 0.6) is 0 Å². The molecule has 3 N–H and O–H groups in total. The lowest BCUT2D eigenvalue weighted by molar-refractivity contribution is -0.00549. The van der Waals surface area contributed by atoms with Crippen molar-refractivity contribution < 1.29 is 4.74 Å². The van der Waals surface area contributed by atoms with Gasteiger partial charge in [-0.25, -0.2) is 4.98 Å². The van der Waals surface area contributed by atoms with Gasteiger partial charge in [-0.1, -0.05) is 0 Å². The molecule has 5 nitrogen and oxygen atoms in total. The summed E-state index contributed by atoms with van der Waals surface area (Å²) in [6.45, 7) is 10.3. The fourth-order valence-electron chi connectivity index (χ4n) is 3.99. The number of hydrogen-bond donors (Lipinski definition) is 2. The number of pyridine rings is 1. The molecule has 2 aliphatic rings. The first-order valence-corrected chi connectivity index (χ1v) is 9.33. The molecule has 2 atom stereocenters. The Morgan fingerprint density at radius 3 is 2.38 bits per heavy atom. The Morgan fingerprint density at radius 2 is 1.75 bits per heavy atom. The molecule has 0 amide bonds. The molecule has 1 aromatic heterocycles. The Bertz CT molecular complexity index is 559. The van der Waals surface area contributed by atoms with Gasteiger partial charge in [0.05, 0.1) is 23.6 Å². The third kappa shape index (κ3) is 4.01. The van der Waals surface area contributed by atoms with Crippen molar-refractivity contribution >= 4 is 11.5 Å². The van der Waals surface area contributed by atoms with Crippen LogP contribution >= 0.6 is 0 Å². The number of hydrogen-bond acceptors (Lipinski definition) is 5.